The molecule has 2 aromatic rings. The fourth-order valence-corrected chi connectivity index (χ4v) is 1.70. The van der Waals surface area contributed by atoms with Crippen molar-refractivity contribution in [3.63, 3.8) is 0 Å². The van der Waals surface area contributed by atoms with Gasteiger partial charge in [0.2, 0.25) is 0 Å². The van der Waals surface area contributed by atoms with Crippen molar-refractivity contribution in [1.82, 2.24) is 0 Å². The number of carbonyl (C=O) groups is 1. The zero-order valence-electron chi connectivity index (χ0n) is 10.1. The molecule has 2 N–H and O–H groups in total. The minimum atomic E-state index is -1.15. The number of para-hydroxylation sites is 1. The smallest absolute Gasteiger partial charge is 0.257 e. The van der Waals surface area contributed by atoms with Crippen molar-refractivity contribution in [2.75, 3.05) is 5.32 Å². The summed E-state index contributed by atoms with van der Waals surface area (Å²) < 4.78 is 0. The maximum absolute atomic E-state index is 11.9. The molecular weight excluding hydrogens is 226 g/mol. The highest BCUT2D eigenvalue weighted by atomic mass is 16.3. The number of aliphatic hydroxyl groups excluding tert-OH is 1. The molecule has 3 heteroatoms. The lowest BCUT2D eigenvalue weighted by Gasteiger charge is -2.13. The molecule has 1 unspecified atom stereocenters. The normalized spacial score (nSPS) is 11.9. The van der Waals surface area contributed by atoms with Crippen LogP contribution in [0.4, 0.5) is 5.69 Å². The molecule has 0 aliphatic heterocycles. The standard InChI is InChI=1S/C15H15NO2/c1-11-7-5-6-10-13(11)16-15(18)14(17)12-8-3-2-4-9-12/h2-10,14,17H,1H3,(H,16,18). The third-order valence-electron chi connectivity index (χ3n) is 2.77. The van der Waals surface area contributed by atoms with Gasteiger partial charge < -0.3 is 10.4 Å². The molecule has 2 aromatic carbocycles. The van der Waals surface area contributed by atoms with E-state index in [0.29, 0.717) is 5.56 Å². The number of carbonyl (C=O) groups excluding carboxylic acids is 1. The van der Waals surface area contributed by atoms with Crippen molar-refractivity contribution in [3.8, 4) is 0 Å². The summed E-state index contributed by atoms with van der Waals surface area (Å²) in [7, 11) is 0. The number of hydrogen-bond acceptors (Lipinski definition) is 2. The third-order valence-corrected chi connectivity index (χ3v) is 2.77. The highest BCUT2D eigenvalue weighted by molar-refractivity contribution is 5.95. The Balaban J connectivity index is 2.12. The minimum Gasteiger partial charge on any atom is -0.378 e. The largest absolute Gasteiger partial charge is 0.378 e. The van der Waals surface area contributed by atoms with Gasteiger partial charge in [-0.3, -0.25) is 4.79 Å². The Morgan fingerprint density at radius 3 is 2.33 bits per heavy atom. The number of rotatable bonds is 3. The molecule has 0 saturated carbocycles. The first kappa shape index (κ1) is 12.3. The van der Waals surface area contributed by atoms with Crippen LogP contribution >= 0.6 is 0 Å². The van der Waals surface area contributed by atoms with E-state index in [2.05, 4.69) is 5.32 Å². The molecule has 1 atom stereocenters. The molecule has 0 saturated heterocycles. The van der Waals surface area contributed by atoms with Crippen LogP contribution in [0.5, 0.6) is 0 Å². The fourth-order valence-electron chi connectivity index (χ4n) is 1.70. The van der Waals surface area contributed by atoms with Crippen LogP contribution in [0, 0.1) is 6.92 Å². The molecule has 2 rings (SSSR count). The molecule has 0 radical (unpaired) electrons. The summed E-state index contributed by atoms with van der Waals surface area (Å²) in [6, 6.07) is 16.3. The van der Waals surface area contributed by atoms with Gasteiger partial charge in [0.25, 0.3) is 5.91 Å². The number of nitrogens with one attached hydrogen (secondary N) is 1. The number of benzene rings is 2. The average Bonchev–Trinajstić information content (AvgIpc) is 2.41. The van der Waals surface area contributed by atoms with E-state index in [1.807, 2.05) is 37.3 Å². The SMILES string of the molecule is Cc1ccccc1NC(=O)C(O)c1ccccc1. The Morgan fingerprint density at radius 2 is 1.67 bits per heavy atom. The summed E-state index contributed by atoms with van der Waals surface area (Å²) in [6.45, 7) is 1.91. The van der Waals surface area contributed by atoms with Crippen LogP contribution in [0.15, 0.2) is 54.6 Å². The lowest BCUT2D eigenvalue weighted by atomic mass is 10.1. The summed E-state index contributed by atoms with van der Waals surface area (Å²) in [5.74, 6) is -0.421. The summed E-state index contributed by atoms with van der Waals surface area (Å²) in [6.07, 6.45) is -1.15. The van der Waals surface area contributed by atoms with Gasteiger partial charge in [0.15, 0.2) is 6.10 Å². The van der Waals surface area contributed by atoms with Crippen molar-refractivity contribution < 1.29 is 9.90 Å². The summed E-state index contributed by atoms with van der Waals surface area (Å²) in [5, 5.41) is 12.6. The lowest BCUT2D eigenvalue weighted by molar-refractivity contribution is -0.124. The number of aliphatic hydroxyl groups is 1. The second-order valence-corrected chi connectivity index (χ2v) is 4.12. The van der Waals surface area contributed by atoms with Gasteiger partial charge in [-0.05, 0) is 24.1 Å². The van der Waals surface area contributed by atoms with Crippen LogP contribution < -0.4 is 5.32 Å². The van der Waals surface area contributed by atoms with E-state index < -0.39 is 12.0 Å². The first-order valence-corrected chi connectivity index (χ1v) is 5.78. The minimum absolute atomic E-state index is 0.421. The molecule has 0 aromatic heterocycles. The predicted octanol–water partition coefficient (Wildman–Crippen LogP) is 2.67. The van der Waals surface area contributed by atoms with Crippen molar-refractivity contribution in [3.05, 3.63) is 65.7 Å². The van der Waals surface area contributed by atoms with Crippen LogP contribution in [0.3, 0.4) is 0 Å². The Kier molecular flexibility index (Phi) is 3.75. The first-order chi connectivity index (χ1) is 8.68. The zero-order valence-corrected chi connectivity index (χ0v) is 10.1. The van der Waals surface area contributed by atoms with E-state index in [4.69, 9.17) is 0 Å². The van der Waals surface area contributed by atoms with E-state index in [9.17, 15) is 9.90 Å². The van der Waals surface area contributed by atoms with E-state index in [0.717, 1.165) is 11.3 Å². The molecule has 0 fully saturated rings. The van der Waals surface area contributed by atoms with E-state index in [1.165, 1.54) is 0 Å². The van der Waals surface area contributed by atoms with Crippen LogP contribution in [-0.2, 0) is 4.79 Å². The van der Waals surface area contributed by atoms with Gasteiger partial charge in [-0.2, -0.15) is 0 Å². The molecule has 0 bridgehead atoms. The highest BCUT2D eigenvalue weighted by Crippen LogP contribution is 2.18. The second kappa shape index (κ2) is 5.47. The van der Waals surface area contributed by atoms with Crippen molar-refractivity contribution in [1.29, 1.82) is 0 Å². The zero-order chi connectivity index (χ0) is 13.0. The first-order valence-electron chi connectivity index (χ1n) is 5.78. The number of hydrogen-bond donors (Lipinski definition) is 2. The summed E-state index contributed by atoms with van der Waals surface area (Å²) in [4.78, 5) is 11.9. The molecular formula is C15H15NO2. The molecule has 0 aliphatic rings. The van der Waals surface area contributed by atoms with Crippen LogP contribution in [-0.4, -0.2) is 11.0 Å². The molecule has 92 valence electrons. The molecule has 1 amide bonds. The van der Waals surface area contributed by atoms with E-state index in [-0.39, 0.29) is 0 Å². The van der Waals surface area contributed by atoms with Gasteiger partial charge >= 0.3 is 0 Å². The van der Waals surface area contributed by atoms with Gasteiger partial charge in [-0.15, -0.1) is 0 Å². The van der Waals surface area contributed by atoms with E-state index >= 15 is 0 Å². The number of amides is 1. The maximum Gasteiger partial charge on any atom is 0.257 e. The quantitative estimate of drug-likeness (QED) is 0.868. The Bertz CT molecular complexity index is 537. The van der Waals surface area contributed by atoms with Crippen LogP contribution in [0.1, 0.15) is 17.2 Å². The van der Waals surface area contributed by atoms with Gasteiger partial charge in [-0.1, -0.05) is 48.5 Å². The topological polar surface area (TPSA) is 49.3 Å². The van der Waals surface area contributed by atoms with E-state index in [1.54, 1.807) is 24.3 Å². The van der Waals surface area contributed by atoms with Crippen LogP contribution in [0.2, 0.25) is 0 Å². The van der Waals surface area contributed by atoms with Crippen molar-refractivity contribution in [2.24, 2.45) is 0 Å². The van der Waals surface area contributed by atoms with Gasteiger partial charge in [0.05, 0.1) is 0 Å². The van der Waals surface area contributed by atoms with Gasteiger partial charge in [0, 0.05) is 5.69 Å². The fraction of sp³-hybridized carbons (Fsp3) is 0.133. The summed E-state index contributed by atoms with van der Waals surface area (Å²) >= 11 is 0. The molecule has 0 heterocycles. The summed E-state index contributed by atoms with van der Waals surface area (Å²) in [5.41, 5.74) is 2.27. The average molecular weight is 241 g/mol. The van der Waals surface area contributed by atoms with Crippen molar-refractivity contribution in [2.45, 2.75) is 13.0 Å². The second-order valence-electron chi connectivity index (χ2n) is 4.12. The maximum atomic E-state index is 11.9. The number of aryl methyl sites for hydroxylation is 1. The highest BCUT2D eigenvalue weighted by Gasteiger charge is 2.17. The monoisotopic (exact) mass is 241 g/mol. The lowest BCUT2D eigenvalue weighted by Crippen LogP contribution is -2.21. The Hall–Kier alpha value is -2.13. The Labute approximate surface area is 106 Å². The van der Waals surface area contributed by atoms with Crippen LogP contribution in [0.25, 0.3) is 0 Å². The van der Waals surface area contributed by atoms with Crippen molar-refractivity contribution >= 4 is 11.6 Å². The molecule has 18 heavy (non-hydrogen) atoms. The third kappa shape index (κ3) is 2.76. The molecule has 0 spiro atoms. The molecule has 0 aliphatic carbocycles. The van der Waals surface area contributed by atoms with Gasteiger partial charge in [-0.25, -0.2) is 0 Å². The predicted molar refractivity (Wildman–Crippen MR) is 71.2 cm³/mol. The molecule has 3 nitrogen and oxygen atoms in total. The van der Waals surface area contributed by atoms with Gasteiger partial charge in [0.1, 0.15) is 0 Å². The Morgan fingerprint density at radius 1 is 1.06 bits per heavy atom. The number of anilines is 1.